The Labute approximate surface area is 110 Å². The van der Waals surface area contributed by atoms with Crippen molar-refractivity contribution in [3.63, 3.8) is 0 Å². The van der Waals surface area contributed by atoms with Crippen molar-refractivity contribution in [3.8, 4) is 0 Å². The topological polar surface area (TPSA) is 57.6 Å². The summed E-state index contributed by atoms with van der Waals surface area (Å²) in [6.45, 7) is 0.0237. The van der Waals surface area contributed by atoms with Gasteiger partial charge in [0.2, 0.25) is 0 Å². The zero-order valence-corrected chi connectivity index (χ0v) is 10.00. The molecule has 1 heterocycles. The molecule has 1 aromatic rings. The molecule has 1 atom stereocenters. The molecule has 4 nitrogen and oxygen atoms in total. The highest BCUT2D eigenvalue weighted by molar-refractivity contribution is 5.97. The Bertz CT molecular complexity index is 591. The Morgan fingerprint density at radius 3 is 2.40 bits per heavy atom. The van der Waals surface area contributed by atoms with Crippen LogP contribution >= 0.6 is 0 Å². The van der Waals surface area contributed by atoms with E-state index >= 15 is 0 Å². The van der Waals surface area contributed by atoms with Gasteiger partial charge < -0.3 is 10.0 Å². The largest absolute Gasteiger partial charge is 0.480 e. The van der Waals surface area contributed by atoms with Crippen molar-refractivity contribution in [2.75, 3.05) is 6.54 Å². The van der Waals surface area contributed by atoms with Crippen molar-refractivity contribution >= 4 is 11.9 Å². The second-order valence-corrected chi connectivity index (χ2v) is 4.34. The maximum atomic E-state index is 13.5. The molecular formula is C12H9F4NO3. The minimum absolute atomic E-state index is 0.0237. The van der Waals surface area contributed by atoms with Crippen LogP contribution in [0, 0.1) is 23.3 Å². The fourth-order valence-corrected chi connectivity index (χ4v) is 2.15. The van der Waals surface area contributed by atoms with Gasteiger partial charge >= 0.3 is 5.97 Å². The van der Waals surface area contributed by atoms with Gasteiger partial charge in [0.25, 0.3) is 5.91 Å². The average molecular weight is 291 g/mol. The van der Waals surface area contributed by atoms with Gasteiger partial charge in [0.15, 0.2) is 23.3 Å². The number of carbonyl (C=O) groups is 2. The zero-order valence-electron chi connectivity index (χ0n) is 10.00. The van der Waals surface area contributed by atoms with Gasteiger partial charge in [-0.15, -0.1) is 0 Å². The van der Waals surface area contributed by atoms with Crippen LogP contribution in [-0.4, -0.2) is 34.5 Å². The first-order valence-electron chi connectivity index (χ1n) is 5.71. The van der Waals surface area contributed by atoms with E-state index in [9.17, 15) is 27.2 Å². The molecule has 0 unspecified atom stereocenters. The summed E-state index contributed by atoms with van der Waals surface area (Å²) in [5.74, 6) is -10.1. The van der Waals surface area contributed by atoms with Crippen LogP contribution in [0.25, 0.3) is 0 Å². The summed E-state index contributed by atoms with van der Waals surface area (Å²) < 4.78 is 52.4. The number of likely N-dealkylation sites (tertiary alicyclic amines) is 1. The van der Waals surface area contributed by atoms with Crippen LogP contribution in [0.5, 0.6) is 0 Å². The lowest BCUT2D eigenvalue weighted by Crippen LogP contribution is -2.41. The Balaban J connectivity index is 2.42. The number of hydrogen-bond acceptors (Lipinski definition) is 2. The van der Waals surface area contributed by atoms with Crippen molar-refractivity contribution in [1.29, 1.82) is 0 Å². The molecule has 1 aliphatic heterocycles. The predicted molar refractivity (Wildman–Crippen MR) is 58.0 cm³/mol. The standard InChI is InChI=1S/C12H9F4NO3/c13-6-4-5(8(14)10(16)9(6)15)11(18)17-3-1-2-7(17)12(19)20/h4,7H,1-3H2,(H,19,20)/t7-/m0/s1. The first kappa shape index (κ1) is 14.3. The molecule has 1 fully saturated rings. The molecule has 0 aliphatic carbocycles. The molecule has 1 aromatic carbocycles. The Hall–Kier alpha value is -2.12. The number of carboxylic acids is 1. The number of aliphatic carboxylic acids is 1. The molecule has 8 heteroatoms. The van der Waals surface area contributed by atoms with Crippen molar-refractivity contribution in [1.82, 2.24) is 4.90 Å². The first-order chi connectivity index (χ1) is 9.34. The molecule has 0 spiro atoms. The van der Waals surface area contributed by atoms with Crippen LogP contribution in [0.3, 0.4) is 0 Å². The number of carboxylic acid groups (broad SMARTS) is 1. The lowest BCUT2D eigenvalue weighted by molar-refractivity contribution is -0.141. The highest BCUT2D eigenvalue weighted by Crippen LogP contribution is 2.24. The van der Waals surface area contributed by atoms with Crippen molar-refractivity contribution < 1.29 is 32.3 Å². The molecule has 0 bridgehead atoms. The smallest absolute Gasteiger partial charge is 0.326 e. The molecule has 1 amide bonds. The lowest BCUT2D eigenvalue weighted by Gasteiger charge is -2.21. The van der Waals surface area contributed by atoms with Gasteiger partial charge in [0, 0.05) is 6.54 Å². The Morgan fingerprint density at radius 2 is 1.80 bits per heavy atom. The lowest BCUT2D eigenvalue weighted by atomic mass is 10.1. The molecule has 0 aromatic heterocycles. The average Bonchev–Trinajstić information content (AvgIpc) is 2.89. The third-order valence-corrected chi connectivity index (χ3v) is 3.13. The summed E-state index contributed by atoms with van der Waals surface area (Å²) in [4.78, 5) is 23.7. The summed E-state index contributed by atoms with van der Waals surface area (Å²) in [6.07, 6.45) is 0.533. The second-order valence-electron chi connectivity index (χ2n) is 4.34. The van der Waals surface area contributed by atoms with E-state index in [1.165, 1.54) is 0 Å². The number of nitrogens with zero attached hydrogens (tertiary/aromatic N) is 1. The molecule has 1 N–H and O–H groups in total. The normalized spacial score (nSPS) is 18.4. The third-order valence-electron chi connectivity index (χ3n) is 3.13. The molecule has 1 aliphatic rings. The number of benzene rings is 1. The summed E-state index contributed by atoms with van der Waals surface area (Å²) in [6, 6.07) is -0.953. The molecule has 2 rings (SSSR count). The molecule has 1 saturated heterocycles. The van der Waals surface area contributed by atoms with Gasteiger partial charge in [-0.1, -0.05) is 0 Å². The number of halogens is 4. The summed E-state index contributed by atoms with van der Waals surface area (Å²) in [7, 11) is 0. The van der Waals surface area contributed by atoms with E-state index in [2.05, 4.69) is 0 Å². The monoisotopic (exact) mass is 291 g/mol. The number of rotatable bonds is 2. The van der Waals surface area contributed by atoms with Crippen molar-refractivity contribution in [2.24, 2.45) is 0 Å². The second kappa shape index (κ2) is 5.10. The van der Waals surface area contributed by atoms with Crippen LogP contribution in [0.2, 0.25) is 0 Å². The van der Waals surface area contributed by atoms with Crippen molar-refractivity contribution in [3.05, 3.63) is 34.9 Å². The van der Waals surface area contributed by atoms with Crippen LogP contribution in [-0.2, 0) is 4.79 Å². The number of carbonyl (C=O) groups excluding carboxylic acids is 1. The van der Waals surface area contributed by atoms with Crippen LogP contribution < -0.4 is 0 Å². The van der Waals surface area contributed by atoms with Gasteiger partial charge in [0.1, 0.15) is 6.04 Å². The van der Waals surface area contributed by atoms with E-state index in [0.29, 0.717) is 6.42 Å². The van der Waals surface area contributed by atoms with Crippen molar-refractivity contribution in [2.45, 2.75) is 18.9 Å². The predicted octanol–water partition coefficient (Wildman–Crippen LogP) is 1.93. The minimum Gasteiger partial charge on any atom is -0.480 e. The summed E-state index contributed by atoms with van der Waals surface area (Å²) >= 11 is 0. The number of amides is 1. The molecule has 0 saturated carbocycles. The van der Waals surface area contributed by atoms with Gasteiger partial charge in [-0.2, -0.15) is 0 Å². The fourth-order valence-electron chi connectivity index (χ4n) is 2.15. The molecule has 108 valence electrons. The maximum absolute atomic E-state index is 13.5. The van der Waals surface area contributed by atoms with Gasteiger partial charge in [0.05, 0.1) is 5.56 Å². The van der Waals surface area contributed by atoms with E-state index in [4.69, 9.17) is 5.11 Å². The van der Waals surface area contributed by atoms with E-state index in [1.807, 2.05) is 0 Å². The highest BCUT2D eigenvalue weighted by atomic mass is 19.2. The molecule has 20 heavy (non-hydrogen) atoms. The van der Waals surface area contributed by atoms with Gasteiger partial charge in [-0.05, 0) is 18.9 Å². The van der Waals surface area contributed by atoms with Gasteiger partial charge in [-0.25, -0.2) is 22.4 Å². The van der Waals surface area contributed by atoms with Crippen LogP contribution in [0.15, 0.2) is 6.07 Å². The first-order valence-corrected chi connectivity index (χ1v) is 5.71. The Morgan fingerprint density at radius 1 is 1.15 bits per heavy atom. The van der Waals surface area contributed by atoms with Crippen LogP contribution in [0.4, 0.5) is 17.6 Å². The van der Waals surface area contributed by atoms with Gasteiger partial charge in [-0.3, -0.25) is 4.79 Å². The van der Waals surface area contributed by atoms with Crippen LogP contribution in [0.1, 0.15) is 23.2 Å². The van der Waals surface area contributed by atoms with E-state index in [-0.39, 0.29) is 19.0 Å². The van der Waals surface area contributed by atoms with E-state index < -0.39 is 46.8 Å². The SMILES string of the molecule is O=C(O)[C@@H]1CCCN1C(=O)c1cc(F)c(F)c(F)c1F. The minimum atomic E-state index is -2.10. The van der Waals surface area contributed by atoms with E-state index in [0.717, 1.165) is 4.90 Å². The number of hydrogen-bond donors (Lipinski definition) is 1. The molecule has 0 radical (unpaired) electrons. The third kappa shape index (κ3) is 2.21. The van der Waals surface area contributed by atoms with E-state index in [1.54, 1.807) is 0 Å². The highest BCUT2D eigenvalue weighted by Gasteiger charge is 2.36. The quantitative estimate of drug-likeness (QED) is 0.514. The fraction of sp³-hybridized carbons (Fsp3) is 0.333. The maximum Gasteiger partial charge on any atom is 0.326 e. The molecular weight excluding hydrogens is 282 g/mol. The zero-order chi connectivity index (χ0) is 15.0. The Kier molecular flexibility index (Phi) is 3.65. The summed E-state index contributed by atoms with van der Waals surface area (Å²) in [5.41, 5.74) is -1.02. The summed E-state index contributed by atoms with van der Waals surface area (Å²) in [5, 5.41) is 8.91.